The Balaban J connectivity index is 1.78. The first kappa shape index (κ1) is 21.9. The first-order valence-corrected chi connectivity index (χ1v) is 9.32. The van der Waals surface area contributed by atoms with E-state index < -0.39 is 17.9 Å². The van der Waals surface area contributed by atoms with Crippen LogP contribution in [-0.2, 0) is 32.0 Å². The molecule has 0 bridgehead atoms. The molecule has 2 N–H and O–H groups in total. The average Bonchev–Trinajstić information content (AvgIpc) is 2.76. The fourth-order valence-corrected chi connectivity index (χ4v) is 2.75. The van der Waals surface area contributed by atoms with E-state index in [1.54, 1.807) is 7.11 Å². The molecule has 0 fully saturated rings. The number of carbonyl (C=O) groups is 3. The van der Waals surface area contributed by atoms with Crippen molar-refractivity contribution < 1.29 is 23.9 Å². The third kappa shape index (κ3) is 7.65. The van der Waals surface area contributed by atoms with E-state index in [0.717, 1.165) is 16.9 Å². The fourth-order valence-electron chi connectivity index (χ4n) is 2.75. The number of benzene rings is 2. The maximum absolute atomic E-state index is 12.2. The Bertz CT molecular complexity index is 806. The highest BCUT2D eigenvalue weighted by Crippen LogP contribution is 2.12. The van der Waals surface area contributed by atoms with Gasteiger partial charge in [0.1, 0.15) is 11.8 Å². The lowest BCUT2D eigenvalue weighted by molar-refractivity contribution is -0.145. The topological polar surface area (TPSA) is 93.7 Å². The van der Waals surface area contributed by atoms with Crippen LogP contribution >= 0.6 is 0 Å². The number of nitrogens with one attached hydrogen (secondary N) is 2. The van der Waals surface area contributed by atoms with Gasteiger partial charge in [0.05, 0.1) is 20.8 Å². The van der Waals surface area contributed by atoms with Crippen molar-refractivity contribution in [3.05, 3.63) is 65.7 Å². The van der Waals surface area contributed by atoms with Gasteiger partial charge in [0, 0.05) is 12.8 Å². The maximum atomic E-state index is 12.2. The minimum atomic E-state index is -0.814. The van der Waals surface area contributed by atoms with Gasteiger partial charge in [-0.15, -0.1) is 0 Å². The molecule has 0 aliphatic heterocycles. The summed E-state index contributed by atoms with van der Waals surface area (Å²) < 4.78 is 9.86. The van der Waals surface area contributed by atoms with Crippen molar-refractivity contribution in [2.45, 2.75) is 25.3 Å². The van der Waals surface area contributed by atoms with E-state index in [1.807, 2.05) is 54.6 Å². The molecule has 0 aromatic heterocycles. The van der Waals surface area contributed by atoms with Crippen molar-refractivity contribution in [3.8, 4) is 5.75 Å². The van der Waals surface area contributed by atoms with Gasteiger partial charge in [-0.2, -0.15) is 0 Å². The Morgan fingerprint density at radius 1 is 0.897 bits per heavy atom. The minimum absolute atomic E-state index is 0.205. The molecule has 0 spiro atoms. The van der Waals surface area contributed by atoms with E-state index in [2.05, 4.69) is 10.6 Å². The van der Waals surface area contributed by atoms with Crippen molar-refractivity contribution in [3.63, 3.8) is 0 Å². The normalized spacial score (nSPS) is 11.2. The van der Waals surface area contributed by atoms with Crippen molar-refractivity contribution in [2.75, 3.05) is 20.8 Å². The van der Waals surface area contributed by atoms with Crippen LogP contribution in [-0.4, -0.2) is 44.6 Å². The van der Waals surface area contributed by atoms with E-state index >= 15 is 0 Å². The number of amides is 2. The summed E-state index contributed by atoms with van der Waals surface area (Å²) in [7, 11) is 2.87. The van der Waals surface area contributed by atoms with Gasteiger partial charge in [0.15, 0.2) is 0 Å². The molecule has 2 rings (SSSR count). The lowest BCUT2D eigenvalue weighted by Crippen LogP contribution is -2.47. The van der Waals surface area contributed by atoms with Gasteiger partial charge in [-0.1, -0.05) is 42.5 Å². The second kappa shape index (κ2) is 11.5. The molecule has 1 unspecified atom stereocenters. The van der Waals surface area contributed by atoms with Crippen LogP contribution in [0.1, 0.15) is 17.5 Å². The number of methoxy groups -OCH3 is 2. The number of esters is 1. The Hall–Kier alpha value is -3.35. The lowest BCUT2D eigenvalue weighted by Gasteiger charge is -2.17. The summed E-state index contributed by atoms with van der Waals surface area (Å²) in [6, 6.07) is 15.9. The van der Waals surface area contributed by atoms with Crippen molar-refractivity contribution >= 4 is 17.8 Å². The molecule has 0 saturated heterocycles. The van der Waals surface area contributed by atoms with Crippen LogP contribution in [0.5, 0.6) is 5.75 Å². The number of hydrogen-bond acceptors (Lipinski definition) is 5. The summed E-state index contributed by atoms with van der Waals surface area (Å²) >= 11 is 0. The lowest BCUT2D eigenvalue weighted by atomic mass is 10.1. The van der Waals surface area contributed by atoms with Crippen LogP contribution in [0.3, 0.4) is 0 Å². The largest absolute Gasteiger partial charge is 0.497 e. The highest BCUT2D eigenvalue weighted by Gasteiger charge is 2.22. The Kier molecular flexibility index (Phi) is 8.69. The zero-order chi connectivity index (χ0) is 21.1. The molecule has 0 aliphatic carbocycles. The molecule has 154 valence electrons. The summed E-state index contributed by atoms with van der Waals surface area (Å²) in [5.41, 5.74) is 1.89. The monoisotopic (exact) mass is 398 g/mol. The first-order chi connectivity index (χ1) is 14.0. The van der Waals surface area contributed by atoms with Gasteiger partial charge in [0.25, 0.3) is 0 Å². The van der Waals surface area contributed by atoms with Crippen LogP contribution < -0.4 is 15.4 Å². The summed E-state index contributed by atoms with van der Waals surface area (Å²) in [6.07, 6.45) is 1.12. The number of carbonyl (C=O) groups excluding carboxylic acids is 3. The van der Waals surface area contributed by atoms with Gasteiger partial charge in [0.2, 0.25) is 11.8 Å². The van der Waals surface area contributed by atoms with E-state index in [1.165, 1.54) is 7.11 Å². The van der Waals surface area contributed by atoms with E-state index in [0.29, 0.717) is 12.8 Å². The molecule has 1 atom stereocenters. The second-order valence-corrected chi connectivity index (χ2v) is 6.46. The van der Waals surface area contributed by atoms with E-state index in [4.69, 9.17) is 9.47 Å². The van der Waals surface area contributed by atoms with Crippen LogP contribution in [0, 0.1) is 0 Å². The Morgan fingerprint density at radius 3 is 2.21 bits per heavy atom. The van der Waals surface area contributed by atoms with Crippen LogP contribution in [0.25, 0.3) is 0 Å². The number of rotatable bonds is 10. The van der Waals surface area contributed by atoms with Gasteiger partial charge < -0.3 is 20.1 Å². The van der Waals surface area contributed by atoms with E-state index in [-0.39, 0.29) is 18.9 Å². The summed E-state index contributed by atoms with van der Waals surface area (Å²) in [5, 5.41) is 5.19. The summed E-state index contributed by atoms with van der Waals surface area (Å²) in [6.45, 7) is -0.205. The predicted molar refractivity (Wildman–Crippen MR) is 108 cm³/mol. The zero-order valence-corrected chi connectivity index (χ0v) is 16.6. The molecule has 0 radical (unpaired) electrons. The highest BCUT2D eigenvalue weighted by molar-refractivity contribution is 5.88. The molecule has 29 heavy (non-hydrogen) atoms. The van der Waals surface area contributed by atoms with Gasteiger partial charge in [-0.3, -0.25) is 9.59 Å². The molecule has 2 aromatic rings. The fraction of sp³-hybridized carbons (Fsp3) is 0.318. The smallest absolute Gasteiger partial charge is 0.328 e. The molecule has 7 heteroatoms. The summed E-state index contributed by atoms with van der Waals surface area (Å²) in [4.78, 5) is 36.1. The number of aryl methyl sites for hydroxylation is 1. The van der Waals surface area contributed by atoms with Crippen molar-refractivity contribution in [1.82, 2.24) is 10.6 Å². The Labute approximate surface area is 170 Å². The minimum Gasteiger partial charge on any atom is -0.497 e. The van der Waals surface area contributed by atoms with Gasteiger partial charge in [-0.05, 0) is 29.7 Å². The molecule has 7 nitrogen and oxygen atoms in total. The van der Waals surface area contributed by atoms with Crippen LogP contribution in [0.2, 0.25) is 0 Å². The molecular weight excluding hydrogens is 372 g/mol. The molecule has 0 heterocycles. The molecular formula is C22H26N2O5. The quantitative estimate of drug-likeness (QED) is 0.594. The third-order valence-corrected chi connectivity index (χ3v) is 4.35. The van der Waals surface area contributed by atoms with Crippen molar-refractivity contribution in [1.29, 1.82) is 0 Å². The third-order valence-electron chi connectivity index (χ3n) is 4.35. The maximum Gasteiger partial charge on any atom is 0.328 e. The standard InChI is InChI=1S/C22H26N2O5/c1-28-18-11-8-16(9-12-18)10-13-20(25)23-15-21(26)24-19(22(27)29-2)14-17-6-4-3-5-7-17/h3-9,11-12,19H,10,13-15H2,1-2H3,(H,23,25)(H,24,26). The Morgan fingerprint density at radius 2 is 1.59 bits per heavy atom. The molecule has 2 amide bonds. The number of hydrogen-bond donors (Lipinski definition) is 2. The zero-order valence-electron chi connectivity index (χ0n) is 16.6. The summed E-state index contributed by atoms with van der Waals surface area (Å²) in [5.74, 6) is -0.471. The second-order valence-electron chi connectivity index (χ2n) is 6.46. The number of ether oxygens (including phenoxy) is 2. The average molecular weight is 398 g/mol. The van der Waals surface area contributed by atoms with Crippen LogP contribution in [0.4, 0.5) is 0 Å². The highest BCUT2D eigenvalue weighted by atomic mass is 16.5. The van der Waals surface area contributed by atoms with Crippen LogP contribution in [0.15, 0.2) is 54.6 Å². The SMILES string of the molecule is COC(=O)C(Cc1ccccc1)NC(=O)CNC(=O)CCc1ccc(OC)cc1. The van der Waals surface area contributed by atoms with E-state index in [9.17, 15) is 14.4 Å². The van der Waals surface area contributed by atoms with Gasteiger partial charge >= 0.3 is 5.97 Å². The van der Waals surface area contributed by atoms with Crippen molar-refractivity contribution in [2.24, 2.45) is 0 Å². The predicted octanol–water partition coefficient (Wildman–Crippen LogP) is 1.64. The van der Waals surface area contributed by atoms with Gasteiger partial charge in [-0.25, -0.2) is 4.79 Å². The molecule has 0 aliphatic rings. The first-order valence-electron chi connectivity index (χ1n) is 9.32. The molecule has 2 aromatic carbocycles. The molecule has 0 saturated carbocycles.